The molecule has 1 aromatic rings. The number of hydrogen-bond acceptors (Lipinski definition) is 4. The summed E-state index contributed by atoms with van der Waals surface area (Å²) in [7, 11) is 0. The smallest absolute Gasteiger partial charge is 0.255 e. The van der Waals surface area contributed by atoms with Gasteiger partial charge in [-0.2, -0.15) is 0 Å². The minimum absolute atomic E-state index is 0.122. The molecule has 0 aliphatic heterocycles. The summed E-state index contributed by atoms with van der Waals surface area (Å²) in [6.07, 6.45) is 4.21. The van der Waals surface area contributed by atoms with Gasteiger partial charge in [-0.3, -0.25) is 9.78 Å². The van der Waals surface area contributed by atoms with E-state index in [1.807, 2.05) is 13.8 Å². The molecule has 5 heteroatoms. The number of amides is 1. The molecular weight excluding hydrogens is 218 g/mol. The van der Waals surface area contributed by atoms with Gasteiger partial charge in [0.05, 0.1) is 17.3 Å². The van der Waals surface area contributed by atoms with Gasteiger partial charge >= 0.3 is 0 Å². The second kappa shape index (κ2) is 5.63. The number of nitrogens with two attached hydrogens (primary N) is 1. The zero-order valence-electron chi connectivity index (χ0n) is 10.2. The molecule has 94 valence electrons. The van der Waals surface area contributed by atoms with E-state index < -0.39 is 5.54 Å². The Hall–Kier alpha value is -1.62. The first-order chi connectivity index (χ1) is 8.08. The van der Waals surface area contributed by atoms with Gasteiger partial charge in [-0.1, -0.05) is 13.8 Å². The molecule has 1 aromatic heterocycles. The van der Waals surface area contributed by atoms with Crippen LogP contribution < -0.4 is 11.1 Å². The molecular formula is C12H19N3O2. The van der Waals surface area contributed by atoms with Gasteiger partial charge in [-0.15, -0.1) is 0 Å². The molecule has 0 aliphatic carbocycles. The van der Waals surface area contributed by atoms with Gasteiger partial charge in [0.15, 0.2) is 0 Å². The Morgan fingerprint density at radius 3 is 2.65 bits per heavy atom. The van der Waals surface area contributed by atoms with E-state index in [2.05, 4.69) is 10.3 Å². The van der Waals surface area contributed by atoms with Gasteiger partial charge in [0.2, 0.25) is 0 Å². The maximum Gasteiger partial charge on any atom is 0.255 e. The summed E-state index contributed by atoms with van der Waals surface area (Å²) in [5, 5.41) is 12.4. The van der Waals surface area contributed by atoms with Crippen LogP contribution in [0.2, 0.25) is 0 Å². The highest BCUT2D eigenvalue weighted by Gasteiger charge is 2.27. The molecule has 0 atom stereocenters. The lowest BCUT2D eigenvalue weighted by Gasteiger charge is -2.31. The van der Waals surface area contributed by atoms with E-state index in [9.17, 15) is 9.90 Å². The zero-order valence-corrected chi connectivity index (χ0v) is 10.2. The Kier molecular flexibility index (Phi) is 4.45. The minimum Gasteiger partial charge on any atom is -0.505 e. The van der Waals surface area contributed by atoms with Crippen LogP contribution in [0.25, 0.3) is 0 Å². The standard InChI is InChI=1S/C12H19N3O2/c1-3-12(4-2,8-13)15-11(17)9-5-6-14-7-10(9)16/h5-7,16H,3-4,8,13H2,1-2H3,(H,15,17). The number of hydrogen-bond donors (Lipinski definition) is 3. The molecule has 0 spiro atoms. The summed E-state index contributed by atoms with van der Waals surface area (Å²) in [6, 6.07) is 1.48. The third-order valence-electron chi connectivity index (χ3n) is 3.17. The van der Waals surface area contributed by atoms with Crippen molar-refractivity contribution in [3.05, 3.63) is 24.0 Å². The fourth-order valence-electron chi connectivity index (χ4n) is 1.65. The lowest BCUT2D eigenvalue weighted by atomic mass is 9.92. The second-order valence-electron chi connectivity index (χ2n) is 4.04. The molecule has 0 saturated carbocycles. The van der Waals surface area contributed by atoms with E-state index in [0.717, 1.165) is 12.8 Å². The third kappa shape index (κ3) is 2.94. The van der Waals surface area contributed by atoms with Gasteiger partial charge < -0.3 is 16.2 Å². The lowest BCUT2D eigenvalue weighted by molar-refractivity contribution is 0.0892. The van der Waals surface area contributed by atoms with Crippen LogP contribution in [0.3, 0.4) is 0 Å². The third-order valence-corrected chi connectivity index (χ3v) is 3.17. The van der Waals surface area contributed by atoms with Gasteiger partial charge in [-0.05, 0) is 18.9 Å². The molecule has 17 heavy (non-hydrogen) atoms. The number of aromatic nitrogens is 1. The van der Waals surface area contributed by atoms with E-state index in [-0.39, 0.29) is 17.2 Å². The largest absolute Gasteiger partial charge is 0.505 e. The predicted octanol–water partition coefficient (Wildman–Crippen LogP) is 1.03. The maximum atomic E-state index is 12.0. The van der Waals surface area contributed by atoms with E-state index >= 15 is 0 Å². The topological polar surface area (TPSA) is 88.2 Å². The molecule has 0 aliphatic rings. The molecule has 1 rings (SSSR count). The quantitative estimate of drug-likeness (QED) is 0.713. The van der Waals surface area contributed by atoms with Crippen molar-refractivity contribution < 1.29 is 9.90 Å². The van der Waals surface area contributed by atoms with Crippen LogP contribution in [0.5, 0.6) is 5.75 Å². The summed E-state index contributed by atoms with van der Waals surface area (Å²) in [4.78, 5) is 15.7. The van der Waals surface area contributed by atoms with Crippen LogP contribution in [0, 0.1) is 0 Å². The normalized spacial score (nSPS) is 11.2. The van der Waals surface area contributed by atoms with Gasteiger partial charge in [0, 0.05) is 12.7 Å². The number of rotatable bonds is 5. The number of carbonyl (C=O) groups is 1. The fraction of sp³-hybridized carbons (Fsp3) is 0.500. The Bertz CT molecular complexity index is 381. The molecule has 0 bridgehead atoms. The first-order valence-electron chi connectivity index (χ1n) is 5.74. The Labute approximate surface area is 101 Å². The summed E-state index contributed by atoms with van der Waals surface area (Å²) >= 11 is 0. The fourth-order valence-corrected chi connectivity index (χ4v) is 1.65. The summed E-state index contributed by atoms with van der Waals surface area (Å²) in [5.74, 6) is -0.442. The SMILES string of the molecule is CCC(CC)(CN)NC(=O)c1ccncc1O. The van der Waals surface area contributed by atoms with Gasteiger partial charge in [0.1, 0.15) is 5.75 Å². The first kappa shape index (κ1) is 13.4. The molecule has 0 aromatic carbocycles. The first-order valence-corrected chi connectivity index (χ1v) is 5.74. The molecule has 1 amide bonds. The highest BCUT2D eigenvalue weighted by Crippen LogP contribution is 2.18. The van der Waals surface area contributed by atoms with Crippen LogP contribution in [0.4, 0.5) is 0 Å². The molecule has 0 fully saturated rings. The Balaban J connectivity index is 2.89. The van der Waals surface area contributed by atoms with E-state index in [4.69, 9.17) is 5.73 Å². The highest BCUT2D eigenvalue weighted by molar-refractivity contribution is 5.97. The highest BCUT2D eigenvalue weighted by atomic mass is 16.3. The number of nitrogens with one attached hydrogen (secondary N) is 1. The van der Waals surface area contributed by atoms with Crippen molar-refractivity contribution in [3.8, 4) is 5.75 Å². The summed E-state index contributed by atoms with van der Waals surface area (Å²) < 4.78 is 0. The van der Waals surface area contributed by atoms with Crippen molar-refractivity contribution in [1.82, 2.24) is 10.3 Å². The average Bonchev–Trinajstić information content (AvgIpc) is 2.36. The van der Waals surface area contributed by atoms with Crippen molar-refractivity contribution in [2.45, 2.75) is 32.2 Å². The second-order valence-corrected chi connectivity index (χ2v) is 4.04. The van der Waals surface area contributed by atoms with Crippen molar-refractivity contribution in [1.29, 1.82) is 0 Å². The monoisotopic (exact) mass is 237 g/mol. The molecule has 4 N–H and O–H groups in total. The van der Waals surface area contributed by atoms with Crippen LogP contribution in [-0.2, 0) is 0 Å². The van der Waals surface area contributed by atoms with Crippen LogP contribution in [-0.4, -0.2) is 28.1 Å². The van der Waals surface area contributed by atoms with Crippen LogP contribution in [0.15, 0.2) is 18.5 Å². The van der Waals surface area contributed by atoms with E-state index in [1.165, 1.54) is 18.5 Å². The lowest BCUT2D eigenvalue weighted by Crippen LogP contribution is -2.52. The Morgan fingerprint density at radius 1 is 1.53 bits per heavy atom. The van der Waals surface area contributed by atoms with E-state index in [1.54, 1.807) is 0 Å². The number of pyridine rings is 1. The minimum atomic E-state index is -0.410. The Morgan fingerprint density at radius 2 is 2.18 bits per heavy atom. The summed E-state index contributed by atoms with van der Waals surface area (Å²) in [5.41, 5.74) is 5.52. The summed E-state index contributed by atoms with van der Waals surface area (Å²) in [6.45, 7) is 4.32. The molecule has 5 nitrogen and oxygen atoms in total. The molecule has 0 saturated heterocycles. The zero-order chi connectivity index (χ0) is 12.9. The van der Waals surface area contributed by atoms with Crippen molar-refractivity contribution in [3.63, 3.8) is 0 Å². The van der Waals surface area contributed by atoms with E-state index in [0.29, 0.717) is 6.54 Å². The van der Waals surface area contributed by atoms with Gasteiger partial charge in [-0.25, -0.2) is 0 Å². The van der Waals surface area contributed by atoms with Crippen molar-refractivity contribution in [2.24, 2.45) is 5.73 Å². The average molecular weight is 237 g/mol. The number of nitrogens with zero attached hydrogens (tertiary/aromatic N) is 1. The van der Waals surface area contributed by atoms with Crippen LogP contribution >= 0.6 is 0 Å². The van der Waals surface area contributed by atoms with Crippen molar-refractivity contribution >= 4 is 5.91 Å². The van der Waals surface area contributed by atoms with Crippen LogP contribution in [0.1, 0.15) is 37.0 Å². The molecule has 0 unspecified atom stereocenters. The molecule has 1 heterocycles. The maximum absolute atomic E-state index is 12.0. The molecule has 0 radical (unpaired) electrons. The predicted molar refractivity (Wildman–Crippen MR) is 65.7 cm³/mol. The van der Waals surface area contributed by atoms with Crippen molar-refractivity contribution in [2.75, 3.05) is 6.54 Å². The number of aromatic hydroxyl groups is 1. The van der Waals surface area contributed by atoms with Gasteiger partial charge in [0.25, 0.3) is 5.91 Å². The number of carbonyl (C=O) groups excluding carboxylic acids is 1.